The maximum Gasteiger partial charge on any atom is 0.323 e. The fraction of sp³-hybridized carbons (Fsp3) is 0.818. The molecule has 0 heterocycles. The molecule has 0 saturated heterocycles. The van der Waals surface area contributed by atoms with Gasteiger partial charge in [-0.25, -0.2) is 4.79 Å². The van der Waals surface area contributed by atoms with Crippen molar-refractivity contribution in [3.63, 3.8) is 0 Å². The molecule has 0 saturated carbocycles. The zero-order chi connectivity index (χ0) is 14.1. The first-order valence-corrected chi connectivity index (χ1v) is 5.65. The number of rotatable bonds is 8. The van der Waals surface area contributed by atoms with Crippen LogP contribution in [0, 0.1) is 0 Å². The lowest BCUT2D eigenvalue weighted by Crippen LogP contribution is -2.49. The number of nitrogens with zero attached hydrogens (tertiary/aromatic N) is 2. The summed E-state index contributed by atoms with van der Waals surface area (Å²) < 4.78 is 9.95. The molecule has 0 aromatic carbocycles. The SMILES string of the molecule is COCCN(C(=O)N(C)CC(=O)O)C(C)COC. The number of methoxy groups -OCH3 is 2. The topological polar surface area (TPSA) is 79.3 Å². The van der Waals surface area contributed by atoms with Gasteiger partial charge in [0, 0.05) is 27.8 Å². The molecular formula is C11H22N2O5. The van der Waals surface area contributed by atoms with Crippen molar-refractivity contribution in [2.24, 2.45) is 0 Å². The molecule has 0 radical (unpaired) electrons. The molecule has 7 heteroatoms. The Labute approximate surface area is 107 Å². The molecule has 18 heavy (non-hydrogen) atoms. The second-order valence-corrected chi connectivity index (χ2v) is 4.02. The Morgan fingerprint density at radius 1 is 1.28 bits per heavy atom. The summed E-state index contributed by atoms with van der Waals surface area (Å²) in [6.07, 6.45) is 0. The number of carboxylic acids is 1. The number of likely N-dealkylation sites (N-methyl/N-ethyl adjacent to an activating group) is 1. The first kappa shape index (κ1) is 16.7. The molecule has 0 aliphatic heterocycles. The Hall–Kier alpha value is -1.34. The van der Waals surface area contributed by atoms with Crippen LogP contribution in [0.3, 0.4) is 0 Å². The molecular weight excluding hydrogens is 240 g/mol. The van der Waals surface area contributed by atoms with Gasteiger partial charge < -0.3 is 24.4 Å². The van der Waals surface area contributed by atoms with Gasteiger partial charge in [0.25, 0.3) is 0 Å². The molecule has 0 aliphatic carbocycles. The van der Waals surface area contributed by atoms with E-state index in [2.05, 4.69) is 0 Å². The molecule has 7 nitrogen and oxygen atoms in total. The van der Waals surface area contributed by atoms with Crippen LogP contribution in [0.15, 0.2) is 0 Å². The lowest BCUT2D eigenvalue weighted by Gasteiger charge is -2.32. The van der Waals surface area contributed by atoms with E-state index >= 15 is 0 Å². The maximum atomic E-state index is 12.1. The molecule has 0 bridgehead atoms. The van der Waals surface area contributed by atoms with Crippen LogP contribution in [0.5, 0.6) is 0 Å². The van der Waals surface area contributed by atoms with Gasteiger partial charge in [0.15, 0.2) is 0 Å². The van der Waals surface area contributed by atoms with E-state index in [1.807, 2.05) is 6.92 Å². The molecule has 0 aliphatic rings. The minimum Gasteiger partial charge on any atom is -0.480 e. The normalized spacial score (nSPS) is 12.0. The van der Waals surface area contributed by atoms with Gasteiger partial charge in [-0.05, 0) is 6.92 Å². The average molecular weight is 262 g/mol. The number of carboxylic acid groups (broad SMARTS) is 1. The van der Waals surface area contributed by atoms with E-state index in [0.29, 0.717) is 19.8 Å². The van der Waals surface area contributed by atoms with Crippen LogP contribution < -0.4 is 0 Å². The van der Waals surface area contributed by atoms with Crippen molar-refractivity contribution in [3.8, 4) is 0 Å². The van der Waals surface area contributed by atoms with Crippen molar-refractivity contribution in [1.29, 1.82) is 0 Å². The van der Waals surface area contributed by atoms with Gasteiger partial charge in [-0.3, -0.25) is 4.79 Å². The number of amides is 2. The molecule has 0 spiro atoms. The Bertz CT molecular complexity index is 272. The summed E-state index contributed by atoms with van der Waals surface area (Å²) in [6.45, 7) is 2.68. The first-order chi connectivity index (χ1) is 8.43. The molecule has 2 amide bonds. The number of urea groups is 1. The standard InChI is InChI=1S/C11H22N2O5/c1-9(8-18-4)13(5-6-17-3)11(16)12(2)7-10(14)15/h9H,5-8H2,1-4H3,(H,14,15). The monoisotopic (exact) mass is 262 g/mol. The zero-order valence-corrected chi connectivity index (χ0v) is 11.4. The van der Waals surface area contributed by atoms with Crippen molar-refractivity contribution in [2.75, 3.05) is 47.6 Å². The van der Waals surface area contributed by atoms with Gasteiger partial charge in [0.05, 0.1) is 19.3 Å². The maximum absolute atomic E-state index is 12.1. The van der Waals surface area contributed by atoms with E-state index < -0.39 is 5.97 Å². The van der Waals surface area contributed by atoms with Gasteiger partial charge in [0.1, 0.15) is 6.54 Å². The van der Waals surface area contributed by atoms with Crippen LogP contribution in [-0.4, -0.2) is 80.5 Å². The van der Waals surface area contributed by atoms with Gasteiger partial charge in [-0.2, -0.15) is 0 Å². The Balaban J connectivity index is 4.61. The van der Waals surface area contributed by atoms with E-state index in [0.717, 1.165) is 4.90 Å². The van der Waals surface area contributed by atoms with E-state index in [-0.39, 0.29) is 18.6 Å². The smallest absolute Gasteiger partial charge is 0.323 e. The highest BCUT2D eigenvalue weighted by molar-refractivity contribution is 5.80. The third-order valence-corrected chi connectivity index (χ3v) is 2.42. The number of hydrogen-bond acceptors (Lipinski definition) is 4. The van der Waals surface area contributed by atoms with Crippen molar-refractivity contribution < 1.29 is 24.2 Å². The number of carbonyl (C=O) groups excluding carboxylic acids is 1. The van der Waals surface area contributed by atoms with Gasteiger partial charge in [-0.15, -0.1) is 0 Å². The van der Waals surface area contributed by atoms with E-state index in [9.17, 15) is 9.59 Å². The Morgan fingerprint density at radius 3 is 2.33 bits per heavy atom. The van der Waals surface area contributed by atoms with E-state index in [4.69, 9.17) is 14.6 Å². The first-order valence-electron chi connectivity index (χ1n) is 5.65. The number of hydrogen-bond donors (Lipinski definition) is 1. The quantitative estimate of drug-likeness (QED) is 0.671. The molecule has 0 aromatic rings. The Morgan fingerprint density at radius 2 is 1.89 bits per heavy atom. The highest BCUT2D eigenvalue weighted by Gasteiger charge is 2.23. The van der Waals surface area contributed by atoms with Crippen LogP contribution in [-0.2, 0) is 14.3 Å². The number of aliphatic carboxylic acids is 1. The van der Waals surface area contributed by atoms with Crippen LogP contribution >= 0.6 is 0 Å². The second kappa shape index (κ2) is 8.71. The summed E-state index contributed by atoms with van der Waals surface area (Å²) in [6, 6.07) is -0.493. The molecule has 1 atom stereocenters. The Kier molecular flexibility index (Phi) is 8.06. The van der Waals surface area contributed by atoms with Gasteiger partial charge >= 0.3 is 12.0 Å². The van der Waals surface area contributed by atoms with Crippen molar-refractivity contribution in [3.05, 3.63) is 0 Å². The minimum atomic E-state index is -1.04. The van der Waals surface area contributed by atoms with Crippen LogP contribution in [0.1, 0.15) is 6.92 Å². The van der Waals surface area contributed by atoms with Crippen LogP contribution in [0.4, 0.5) is 4.79 Å². The summed E-state index contributed by atoms with van der Waals surface area (Å²) in [7, 11) is 4.55. The predicted molar refractivity (Wildman–Crippen MR) is 65.6 cm³/mol. The molecule has 0 rings (SSSR count). The highest BCUT2D eigenvalue weighted by Crippen LogP contribution is 2.04. The summed E-state index contributed by atoms with van der Waals surface area (Å²) in [5, 5.41) is 8.67. The zero-order valence-electron chi connectivity index (χ0n) is 11.4. The number of ether oxygens (including phenoxy) is 2. The van der Waals surface area contributed by atoms with Gasteiger partial charge in [0.2, 0.25) is 0 Å². The molecule has 0 fully saturated rings. The summed E-state index contributed by atoms with van der Waals surface area (Å²) in [4.78, 5) is 25.4. The minimum absolute atomic E-state index is 0.145. The largest absolute Gasteiger partial charge is 0.480 e. The highest BCUT2D eigenvalue weighted by atomic mass is 16.5. The molecule has 0 aromatic heterocycles. The molecule has 106 valence electrons. The third kappa shape index (κ3) is 5.83. The predicted octanol–water partition coefficient (Wildman–Crippen LogP) is 0.106. The second-order valence-electron chi connectivity index (χ2n) is 4.02. The summed E-state index contributed by atoms with van der Waals surface area (Å²) in [5.41, 5.74) is 0. The molecule has 1 N–H and O–H groups in total. The van der Waals surface area contributed by atoms with E-state index in [1.54, 1.807) is 14.2 Å². The van der Waals surface area contributed by atoms with Crippen molar-refractivity contribution in [2.45, 2.75) is 13.0 Å². The van der Waals surface area contributed by atoms with Crippen molar-refractivity contribution >= 4 is 12.0 Å². The fourth-order valence-electron chi connectivity index (χ4n) is 1.52. The van der Waals surface area contributed by atoms with E-state index in [1.165, 1.54) is 11.9 Å². The average Bonchev–Trinajstić information content (AvgIpc) is 2.28. The van der Waals surface area contributed by atoms with Gasteiger partial charge in [-0.1, -0.05) is 0 Å². The lowest BCUT2D eigenvalue weighted by molar-refractivity contribution is -0.137. The fourth-order valence-corrected chi connectivity index (χ4v) is 1.52. The lowest BCUT2D eigenvalue weighted by atomic mass is 10.3. The van der Waals surface area contributed by atoms with Crippen LogP contribution in [0.25, 0.3) is 0 Å². The van der Waals surface area contributed by atoms with Crippen molar-refractivity contribution in [1.82, 2.24) is 9.80 Å². The molecule has 1 unspecified atom stereocenters. The summed E-state index contributed by atoms with van der Waals surface area (Å²) in [5.74, 6) is -1.04. The van der Waals surface area contributed by atoms with Crippen LogP contribution in [0.2, 0.25) is 0 Å². The third-order valence-electron chi connectivity index (χ3n) is 2.42. The number of carbonyl (C=O) groups is 2. The summed E-state index contributed by atoms with van der Waals surface area (Å²) >= 11 is 0.